The molecule has 208 valence electrons. The Morgan fingerprint density at radius 3 is 2.46 bits per heavy atom. The summed E-state index contributed by atoms with van der Waals surface area (Å²) in [6.07, 6.45) is 8.25. The molecule has 41 heavy (non-hydrogen) atoms. The van der Waals surface area contributed by atoms with Crippen molar-refractivity contribution in [3.63, 3.8) is 0 Å². The number of carbonyl (C=O) groups excluding carboxylic acids is 1. The quantitative estimate of drug-likeness (QED) is 0.268. The Balaban J connectivity index is 1.36. The SMILES string of the molecule is C=N/C(=N\C=C(/C)c1cc(-c2cnn(C)c2)cn2ncc(C#N)c12)N1CCN(C(=O)[C@H](OC)c2ccccc2)CC1. The zero-order valence-electron chi connectivity index (χ0n) is 23.3. The molecule has 0 bridgehead atoms. The molecule has 1 aliphatic rings. The Morgan fingerprint density at radius 2 is 1.83 bits per heavy atom. The highest BCUT2D eigenvalue weighted by Crippen LogP contribution is 2.29. The van der Waals surface area contributed by atoms with Gasteiger partial charge < -0.3 is 14.5 Å². The number of nitrogens with zero attached hydrogens (tertiary/aromatic N) is 9. The number of benzene rings is 1. The van der Waals surface area contributed by atoms with E-state index < -0.39 is 6.10 Å². The molecule has 1 aromatic carbocycles. The van der Waals surface area contributed by atoms with Crippen LogP contribution >= 0.6 is 0 Å². The molecule has 0 spiro atoms. The summed E-state index contributed by atoms with van der Waals surface area (Å²) in [7, 11) is 3.42. The number of piperazine rings is 1. The molecule has 1 saturated heterocycles. The van der Waals surface area contributed by atoms with Crippen LogP contribution < -0.4 is 0 Å². The maximum atomic E-state index is 13.2. The van der Waals surface area contributed by atoms with E-state index in [1.165, 1.54) is 0 Å². The van der Waals surface area contributed by atoms with Gasteiger partial charge in [0.05, 0.1) is 23.5 Å². The molecular weight excluding hydrogens is 518 g/mol. The van der Waals surface area contributed by atoms with Crippen molar-refractivity contribution in [1.82, 2.24) is 29.2 Å². The smallest absolute Gasteiger partial charge is 0.256 e. The fraction of sp³-hybridized carbons (Fsp3) is 0.267. The summed E-state index contributed by atoms with van der Waals surface area (Å²) in [6.45, 7) is 7.81. The van der Waals surface area contributed by atoms with E-state index in [1.807, 2.05) is 72.6 Å². The Hall–Kier alpha value is -5.08. The van der Waals surface area contributed by atoms with Gasteiger partial charge in [-0.3, -0.25) is 9.48 Å². The van der Waals surface area contributed by atoms with Gasteiger partial charge in [-0.15, -0.1) is 0 Å². The number of rotatable bonds is 6. The highest BCUT2D eigenvalue weighted by atomic mass is 16.5. The van der Waals surface area contributed by atoms with Gasteiger partial charge in [-0.25, -0.2) is 14.5 Å². The fourth-order valence-corrected chi connectivity index (χ4v) is 4.98. The lowest BCUT2D eigenvalue weighted by molar-refractivity contribution is -0.143. The first-order chi connectivity index (χ1) is 19.9. The first kappa shape index (κ1) is 27.5. The van der Waals surface area contributed by atoms with Crippen LogP contribution in [0.2, 0.25) is 0 Å². The molecule has 0 N–H and O–H groups in total. The van der Waals surface area contributed by atoms with E-state index in [-0.39, 0.29) is 5.91 Å². The predicted molar refractivity (Wildman–Crippen MR) is 157 cm³/mol. The number of aromatic nitrogens is 4. The maximum absolute atomic E-state index is 13.2. The standard InChI is InChI=1S/C30H31N9O2/c1-21(26-14-23(25-18-34-36(3)19-25)20-39-27(26)24(15-31)17-35-39)16-33-30(32-2)38-12-10-37(11-13-38)29(40)28(41-4)22-8-6-5-7-9-22/h5-9,14,16-20,28H,2,10-13H2,1,3-4H3/b21-16+,33-30+/t28-/m1/s1. The van der Waals surface area contributed by atoms with E-state index in [2.05, 4.69) is 33.0 Å². The summed E-state index contributed by atoms with van der Waals surface area (Å²) in [5, 5.41) is 18.4. The minimum Gasteiger partial charge on any atom is -0.367 e. The summed E-state index contributed by atoms with van der Waals surface area (Å²) >= 11 is 0. The average molecular weight is 550 g/mol. The van der Waals surface area contributed by atoms with Crippen molar-refractivity contribution in [2.75, 3.05) is 33.3 Å². The van der Waals surface area contributed by atoms with E-state index >= 15 is 0 Å². The van der Waals surface area contributed by atoms with Crippen molar-refractivity contribution in [2.45, 2.75) is 13.0 Å². The number of nitriles is 1. The van der Waals surface area contributed by atoms with Gasteiger partial charge in [0.1, 0.15) is 6.07 Å². The van der Waals surface area contributed by atoms with Crippen LogP contribution in [0.15, 0.2) is 77.4 Å². The fourth-order valence-electron chi connectivity index (χ4n) is 4.98. The molecule has 1 amide bonds. The molecule has 4 heterocycles. The van der Waals surface area contributed by atoms with Gasteiger partial charge >= 0.3 is 0 Å². The Kier molecular flexibility index (Phi) is 8.03. The Morgan fingerprint density at radius 1 is 1.10 bits per heavy atom. The number of ether oxygens (including phenoxy) is 1. The minimum absolute atomic E-state index is 0.0641. The summed E-state index contributed by atoms with van der Waals surface area (Å²) in [5.41, 5.74) is 5.52. The number of fused-ring (bicyclic) bond motifs is 1. The van der Waals surface area contributed by atoms with Crippen LogP contribution in [0, 0.1) is 11.3 Å². The zero-order valence-corrected chi connectivity index (χ0v) is 23.3. The van der Waals surface area contributed by atoms with Crippen molar-refractivity contribution in [1.29, 1.82) is 5.26 Å². The monoisotopic (exact) mass is 549 g/mol. The van der Waals surface area contributed by atoms with Crippen LogP contribution in [0.4, 0.5) is 0 Å². The van der Waals surface area contributed by atoms with Crippen molar-refractivity contribution in [3.05, 3.63) is 84.1 Å². The second-order valence-electron chi connectivity index (χ2n) is 9.75. The molecule has 11 nitrogen and oxygen atoms in total. The lowest BCUT2D eigenvalue weighted by Gasteiger charge is -2.36. The number of hydrogen-bond acceptors (Lipinski definition) is 6. The summed E-state index contributed by atoms with van der Waals surface area (Å²) < 4.78 is 8.99. The van der Waals surface area contributed by atoms with Crippen LogP contribution in [-0.4, -0.2) is 81.1 Å². The van der Waals surface area contributed by atoms with E-state index in [9.17, 15) is 10.1 Å². The van der Waals surface area contributed by atoms with E-state index in [0.717, 1.165) is 27.8 Å². The molecule has 1 aliphatic heterocycles. The molecule has 0 aliphatic carbocycles. The van der Waals surface area contributed by atoms with E-state index in [0.29, 0.717) is 43.2 Å². The molecule has 0 unspecified atom stereocenters. The van der Waals surface area contributed by atoms with Gasteiger partial charge in [0.25, 0.3) is 5.91 Å². The lowest BCUT2D eigenvalue weighted by Crippen LogP contribution is -2.51. The second-order valence-corrected chi connectivity index (χ2v) is 9.75. The third kappa shape index (κ3) is 5.64. The van der Waals surface area contributed by atoms with Gasteiger partial charge in [-0.1, -0.05) is 30.3 Å². The van der Waals surface area contributed by atoms with Gasteiger partial charge in [-0.2, -0.15) is 15.5 Å². The molecule has 4 aromatic rings. The largest absolute Gasteiger partial charge is 0.367 e. The van der Waals surface area contributed by atoms with Crippen LogP contribution in [0.1, 0.15) is 29.7 Å². The van der Waals surface area contributed by atoms with Crippen molar-refractivity contribution >= 4 is 29.7 Å². The minimum atomic E-state index is -0.639. The Labute approximate surface area is 238 Å². The summed E-state index contributed by atoms with van der Waals surface area (Å²) in [5.74, 6) is 0.405. The van der Waals surface area contributed by atoms with Gasteiger partial charge in [0.15, 0.2) is 6.10 Å². The summed E-state index contributed by atoms with van der Waals surface area (Å²) in [6, 6.07) is 13.7. The number of aryl methyl sites for hydroxylation is 1. The predicted octanol–water partition coefficient (Wildman–Crippen LogP) is 3.56. The number of allylic oxidation sites excluding steroid dienone is 1. The van der Waals surface area contributed by atoms with Crippen LogP contribution in [-0.2, 0) is 16.6 Å². The summed E-state index contributed by atoms with van der Waals surface area (Å²) in [4.78, 5) is 25.8. The van der Waals surface area contributed by atoms with Crippen molar-refractivity contribution < 1.29 is 9.53 Å². The number of hydrogen-bond donors (Lipinski definition) is 0. The molecule has 0 saturated carbocycles. The number of carbonyl (C=O) groups is 1. The molecule has 3 aromatic heterocycles. The van der Waals surface area contributed by atoms with Crippen LogP contribution in [0.3, 0.4) is 0 Å². The van der Waals surface area contributed by atoms with Gasteiger partial charge in [0, 0.05) is 75.6 Å². The third-order valence-electron chi connectivity index (χ3n) is 7.15. The normalized spacial score (nSPS) is 15.2. The number of guanidine groups is 1. The van der Waals surface area contributed by atoms with Gasteiger partial charge in [-0.05, 0) is 30.8 Å². The highest BCUT2D eigenvalue weighted by molar-refractivity contribution is 5.88. The molecule has 1 atom stereocenters. The van der Waals surface area contributed by atoms with E-state index in [4.69, 9.17) is 4.74 Å². The lowest BCUT2D eigenvalue weighted by atomic mass is 10.0. The second kappa shape index (κ2) is 12.0. The average Bonchev–Trinajstić information content (AvgIpc) is 3.64. The first-order valence-corrected chi connectivity index (χ1v) is 13.2. The number of aliphatic imine (C=N–C) groups is 2. The molecule has 1 fully saturated rings. The molecule has 5 rings (SSSR count). The van der Waals surface area contributed by atoms with Crippen LogP contribution in [0.5, 0.6) is 0 Å². The van der Waals surface area contributed by atoms with Crippen molar-refractivity contribution in [3.8, 4) is 17.2 Å². The molecule has 11 heteroatoms. The van der Waals surface area contributed by atoms with E-state index in [1.54, 1.807) is 34.9 Å². The Bertz CT molecular complexity index is 1670. The molecule has 0 radical (unpaired) electrons. The molecular formula is C30H31N9O2. The number of methoxy groups -OCH3 is 1. The maximum Gasteiger partial charge on any atom is 0.256 e. The topological polar surface area (TPSA) is 116 Å². The van der Waals surface area contributed by atoms with Gasteiger partial charge in [0.2, 0.25) is 5.96 Å². The third-order valence-corrected chi connectivity index (χ3v) is 7.15. The zero-order chi connectivity index (χ0) is 28.9. The highest BCUT2D eigenvalue weighted by Gasteiger charge is 2.29. The first-order valence-electron chi connectivity index (χ1n) is 13.2. The van der Waals surface area contributed by atoms with Crippen molar-refractivity contribution in [2.24, 2.45) is 17.0 Å². The number of pyridine rings is 1. The number of amides is 1. The van der Waals surface area contributed by atoms with Crippen LogP contribution in [0.25, 0.3) is 22.2 Å².